The molecule has 0 saturated carbocycles. The molecule has 0 aliphatic carbocycles. The van der Waals surface area contributed by atoms with Crippen molar-refractivity contribution in [1.29, 1.82) is 0 Å². The molecular weight excluding hydrogens is 354 g/mol. The highest BCUT2D eigenvalue weighted by Gasteiger charge is 2.16. The van der Waals surface area contributed by atoms with Gasteiger partial charge < -0.3 is 10.1 Å². The molecule has 0 fully saturated rings. The average molecular weight is 368 g/mol. The molecule has 7 heteroatoms. The first-order valence-corrected chi connectivity index (χ1v) is 6.59. The first-order chi connectivity index (χ1) is 8.56. The summed E-state index contributed by atoms with van der Waals surface area (Å²) in [4.78, 5) is 10.3. The monoisotopic (exact) mass is 368 g/mol. The summed E-state index contributed by atoms with van der Waals surface area (Å²) in [6.07, 6.45) is 0.707. The van der Waals surface area contributed by atoms with Crippen LogP contribution < -0.4 is 5.32 Å². The Bertz CT molecular complexity index is 429. The van der Waals surface area contributed by atoms with E-state index in [1.807, 2.05) is 6.92 Å². The molecule has 0 unspecified atom stereocenters. The van der Waals surface area contributed by atoms with Crippen LogP contribution in [-0.4, -0.2) is 24.7 Å². The molecule has 1 aromatic rings. The number of halogens is 2. The van der Waals surface area contributed by atoms with Gasteiger partial charge >= 0.3 is 0 Å². The molecule has 1 aromatic carbocycles. The van der Waals surface area contributed by atoms with E-state index in [9.17, 15) is 14.5 Å². The van der Waals surface area contributed by atoms with E-state index in [0.717, 1.165) is 6.07 Å². The van der Waals surface area contributed by atoms with Crippen molar-refractivity contribution in [2.75, 3.05) is 25.1 Å². The Balaban J connectivity index is 2.68. The predicted molar refractivity (Wildman–Crippen MR) is 75.4 cm³/mol. The summed E-state index contributed by atoms with van der Waals surface area (Å²) in [5, 5.41) is 13.7. The molecule has 18 heavy (non-hydrogen) atoms. The van der Waals surface area contributed by atoms with Crippen molar-refractivity contribution in [3.63, 3.8) is 0 Å². The number of hydrogen-bond donors (Lipinski definition) is 1. The molecule has 0 saturated heterocycles. The molecule has 0 bridgehead atoms. The molecule has 5 nitrogen and oxygen atoms in total. The largest absolute Gasteiger partial charge is 0.382 e. The number of nitro groups is 1. The number of benzene rings is 1. The van der Waals surface area contributed by atoms with Gasteiger partial charge in [0, 0.05) is 31.9 Å². The van der Waals surface area contributed by atoms with Gasteiger partial charge in [-0.2, -0.15) is 0 Å². The van der Waals surface area contributed by atoms with Crippen molar-refractivity contribution in [1.82, 2.24) is 0 Å². The van der Waals surface area contributed by atoms with E-state index in [2.05, 4.69) is 5.32 Å². The van der Waals surface area contributed by atoms with Crippen LogP contribution in [0.2, 0.25) is 0 Å². The second-order valence-electron chi connectivity index (χ2n) is 3.52. The lowest BCUT2D eigenvalue weighted by molar-refractivity contribution is -0.384. The molecule has 0 aliphatic rings. The fraction of sp³-hybridized carbons (Fsp3) is 0.455. The van der Waals surface area contributed by atoms with E-state index in [0.29, 0.717) is 26.2 Å². The molecular formula is C11H14FIN2O3. The molecule has 1 rings (SSSR count). The summed E-state index contributed by atoms with van der Waals surface area (Å²) in [6, 6.07) is 2.38. The summed E-state index contributed by atoms with van der Waals surface area (Å²) < 4.78 is 18.7. The molecule has 0 atom stereocenters. The van der Waals surface area contributed by atoms with Gasteiger partial charge in [0.15, 0.2) is 0 Å². The third-order valence-corrected chi connectivity index (χ3v) is 3.05. The summed E-state index contributed by atoms with van der Waals surface area (Å²) >= 11 is 1.73. The summed E-state index contributed by atoms with van der Waals surface area (Å²) in [5.41, 5.74) is 0.0895. The smallest absolute Gasteiger partial charge is 0.293 e. The van der Waals surface area contributed by atoms with E-state index in [4.69, 9.17) is 4.74 Å². The minimum atomic E-state index is -0.521. The molecule has 100 valence electrons. The Kier molecular flexibility index (Phi) is 6.27. The van der Waals surface area contributed by atoms with Crippen molar-refractivity contribution in [2.24, 2.45) is 0 Å². The van der Waals surface area contributed by atoms with E-state index in [1.54, 1.807) is 22.6 Å². The van der Waals surface area contributed by atoms with Crippen molar-refractivity contribution in [3.05, 3.63) is 31.6 Å². The fourth-order valence-electron chi connectivity index (χ4n) is 1.37. The second-order valence-corrected chi connectivity index (χ2v) is 4.68. The SMILES string of the molecule is CCOCCCNc1cc(F)c(I)cc1[N+](=O)[O-]. The van der Waals surface area contributed by atoms with E-state index >= 15 is 0 Å². The molecule has 0 aliphatic heterocycles. The zero-order valence-corrected chi connectivity index (χ0v) is 12.1. The van der Waals surface area contributed by atoms with Gasteiger partial charge in [-0.1, -0.05) is 0 Å². The maximum absolute atomic E-state index is 13.4. The van der Waals surface area contributed by atoms with Crippen molar-refractivity contribution in [3.8, 4) is 0 Å². The van der Waals surface area contributed by atoms with Crippen LogP contribution in [0.1, 0.15) is 13.3 Å². The van der Waals surface area contributed by atoms with Gasteiger partial charge in [-0.15, -0.1) is 0 Å². The van der Waals surface area contributed by atoms with Gasteiger partial charge in [0.05, 0.1) is 8.49 Å². The van der Waals surface area contributed by atoms with E-state index in [-0.39, 0.29) is 14.9 Å². The third kappa shape index (κ3) is 4.37. The summed E-state index contributed by atoms with van der Waals surface area (Å²) in [7, 11) is 0. The lowest BCUT2D eigenvalue weighted by Crippen LogP contribution is -2.08. The number of nitro benzene ring substituents is 1. The van der Waals surface area contributed by atoms with Crippen LogP contribution in [-0.2, 0) is 4.74 Å². The molecule has 0 amide bonds. The summed E-state index contributed by atoms with van der Waals surface area (Å²) in [5.74, 6) is -0.464. The van der Waals surface area contributed by atoms with Crippen LogP contribution in [0.15, 0.2) is 12.1 Å². The minimum Gasteiger partial charge on any atom is -0.382 e. The van der Waals surface area contributed by atoms with Gasteiger partial charge in [-0.25, -0.2) is 4.39 Å². The Morgan fingerprint density at radius 3 is 2.89 bits per heavy atom. The van der Waals surface area contributed by atoms with Crippen molar-refractivity contribution in [2.45, 2.75) is 13.3 Å². The number of nitrogens with one attached hydrogen (secondary N) is 1. The quantitative estimate of drug-likeness (QED) is 0.348. The van der Waals surface area contributed by atoms with Gasteiger partial charge in [-0.05, 0) is 35.9 Å². The Morgan fingerprint density at radius 1 is 1.56 bits per heavy atom. The highest BCUT2D eigenvalue weighted by atomic mass is 127. The highest BCUT2D eigenvalue weighted by Crippen LogP contribution is 2.28. The van der Waals surface area contributed by atoms with Crippen LogP contribution >= 0.6 is 22.6 Å². The first-order valence-electron chi connectivity index (χ1n) is 5.51. The second kappa shape index (κ2) is 7.47. The molecule has 1 N–H and O–H groups in total. The molecule has 0 aromatic heterocycles. The minimum absolute atomic E-state index is 0.114. The molecule has 0 spiro atoms. The Morgan fingerprint density at radius 2 is 2.28 bits per heavy atom. The number of rotatable bonds is 7. The van der Waals surface area contributed by atoms with Crippen LogP contribution in [0.4, 0.5) is 15.8 Å². The zero-order chi connectivity index (χ0) is 13.5. The normalized spacial score (nSPS) is 10.4. The number of anilines is 1. The number of hydrogen-bond acceptors (Lipinski definition) is 4. The van der Waals surface area contributed by atoms with Crippen molar-refractivity contribution < 1.29 is 14.1 Å². The fourth-order valence-corrected chi connectivity index (χ4v) is 1.82. The first kappa shape index (κ1) is 15.1. The van der Waals surface area contributed by atoms with E-state index < -0.39 is 10.7 Å². The van der Waals surface area contributed by atoms with Gasteiger partial charge in [0.25, 0.3) is 5.69 Å². The molecule has 0 radical (unpaired) electrons. The van der Waals surface area contributed by atoms with Crippen LogP contribution in [0.5, 0.6) is 0 Å². The Labute approximate surface area is 118 Å². The van der Waals surface area contributed by atoms with Crippen LogP contribution in [0.3, 0.4) is 0 Å². The highest BCUT2D eigenvalue weighted by molar-refractivity contribution is 14.1. The van der Waals surface area contributed by atoms with Gasteiger partial charge in [-0.3, -0.25) is 10.1 Å². The lowest BCUT2D eigenvalue weighted by atomic mass is 10.2. The van der Waals surface area contributed by atoms with Gasteiger partial charge in [0.2, 0.25) is 0 Å². The lowest BCUT2D eigenvalue weighted by Gasteiger charge is -2.08. The Hall–Kier alpha value is -0.960. The third-order valence-electron chi connectivity index (χ3n) is 2.22. The summed E-state index contributed by atoms with van der Waals surface area (Å²) in [6.45, 7) is 3.61. The van der Waals surface area contributed by atoms with Crippen LogP contribution in [0, 0.1) is 19.5 Å². The van der Waals surface area contributed by atoms with E-state index in [1.165, 1.54) is 6.07 Å². The van der Waals surface area contributed by atoms with Crippen LogP contribution in [0.25, 0.3) is 0 Å². The van der Waals surface area contributed by atoms with Crippen molar-refractivity contribution >= 4 is 34.0 Å². The maximum Gasteiger partial charge on any atom is 0.293 e. The topological polar surface area (TPSA) is 64.4 Å². The number of nitrogens with zero attached hydrogens (tertiary/aromatic N) is 1. The number of ether oxygens (including phenoxy) is 1. The standard InChI is InChI=1S/C11H14FIN2O3/c1-2-18-5-3-4-14-10-6-8(12)9(13)7-11(10)15(16)17/h6-7,14H,2-5H2,1H3. The average Bonchev–Trinajstić information content (AvgIpc) is 2.32. The van der Waals surface area contributed by atoms with Gasteiger partial charge in [0.1, 0.15) is 11.5 Å². The maximum atomic E-state index is 13.4. The predicted octanol–water partition coefficient (Wildman–Crippen LogP) is 3.18. The molecule has 0 heterocycles. The zero-order valence-electron chi connectivity index (χ0n) is 9.91.